The molecule has 0 aromatic heterocycles. The number of nitrogens with one attached hydrogen (secondary N) is 1. The third-order valence-electron chi connectivity index (χ3n) is 6.97. The van der Waals surface area contributed by atoms with E-state index in [0.29, 0.717) is 44.8 Å². The van der Waals surface area contributed by atoms with Crippen LogP contribution in [0.3, 0.4) is 0 Å². The molecule has 1 unspecified atom stereocenters. The van der Waals surface area contributed by atoms with E-state index in [4.69, 9.17) is 9.47 Å². The van der Waals surface area contributed by atoms with Gasteiger partial charge in [0, 0.05) is 32.4 Å². The van der Waals surface area contributed by atoms with Crippen molar-refractivity contribution in [3.63, 3.8) is 0 Å². The van der Waals surface area contributed by atoms with Gasteiger partial charge in [0.1, 0.15) is 19.3 Å². The van der Waals surface area contributed by atoms with Crippen molar-refractivity contribution in [1.29, 1.82) is 0 Å². The molecule has 0 spiro atoms. The maximum Gasteiger partial charge on any atom is 0.338 e. The van der Waals surface area contributed by atoms with Gasteiger partial charge in [-0.2, -0.15) is 0 Å². The molecular formula is C26H29N3O6. The summed E-state index contributed by atoms with van der Waals surface area (Å²) >= 11 is 0. The van der Waals surface area contributed by atoms with Crippen LogP contribution in [0, 0.1) is 0 Å². The number of para-hydroxylation sites is 1. The molecule has 9 heteroatoms. The summed E-state index contributed by atoms with van der Waals surface area (Å²) < 4.78 is 11.4. The average Bonchev–Trinajstić information content (AvgIpc) is 2.88. The fourth-order valence-electron chi connectivity index (χ4n) is 4.98. The summed E-state index contributed by atoms with van der Waals surface area (Å²) in [6.45, 7) is 2.01. The molecule has 0 bridgehead atoms. The Labute approximate surface area is 203 Å². The molecule has 35 heavy (non-hydrogen) atoms. The number of anilines is 2. The van der Waals surface area contributed by atoms with Crippen LogP contribution in [-0.4, -0.2) is 60.8 Å². The van der Waals surface area contributed by atoms with Crippen LogP contribution in [0.5, 0.6) is 5.75 Å². The van der Waals surface area contributed by atoms with Gasteiger partial charge in [-0.1, -0.05) is 36.4 Å². The highest BCUT2D eigenvalue weighted by Crippen LogP contribution is 2.43. The molecule has 0 aliphatic carbocycles. The van der Waals surface area contributed by atoms with Crippen molar-refractivity contribution in [1.82, 2.24) is 5.32 Å². The Morgan fingerprint density at radius 2 is 1.80 bits per heavy atom. The number of piperidine rings is 2. The van der Waals surface area contributed by atoms with Gasteiger partial charge in [0.05, 0.1) is 17.9 Å². The SMILES string of the molecule is O=C1CCC(N2CCOc3c(N4CCC(O)(C(=O)OCc5ccccc5)CC4)cccc32)C(=O)N1. The van der Waals surface area contributed by atoms with Gasteiger partial charge in [0.2, 0.25) is 11.8 Å². The lowest BCUT2D eigenvalue weighted by molar-refractivity contribution is -0.169. The van der Waals surface area contributed by atoms with E-state index >= 15 is 0 Å². The van der Waals surface area contributed by atoms with Gasteiger partial charge in [-0.25, -0.2) is 4.79 Å². The number of carbonyl (C=O) groups is 3. The number of hydrogen-bond acceptors (Lipinski definition) is 8. The first-order valence-electron chi connectivity index (χ1n) is 12.0. The second-order valence-electron chi connectivity index (χ2n) is 9.21. The summed E-state index contributed by atoms with van der Waals surface area (Å²) in [4.78, 5) is 40.8. The Kier molecular flexibility index (Phi) is 6.34. The topological polar surface area (TPSA) is 108 Å². The van der Waals surface area contributed by atoms with Crippen LogP contribution in [0.1, 0.15) is 31.2 Å². The fraction of sp³-hybridized carbons (Fsp3) is 0.423. The molecule has 3 heterocycles. The molecule has 3 aliphatic heterocycles. The highest BCUT2D eigenvalue weighted by molar-refractivity contribution is 6.02. The number of amides is 2. The van der Waals surface area contributed by atoms with E-state index in [1.165, 1.54) is 0 Å². The van der Waals surface area contributed by atoms with E-state index in [9.17, 15) is 19.5 Å². The summed E-state index contributed by atoms with van der Waals surface area (Å²) in [5.74, 6) is -0.440. The van der Waals surface area contributed by atoms with Crippen molar-refractivity contribution in [3.8, 4) is 5.75 Å². The number of fused-ring (bicyclic) bond motifs is 1. The molecule has 9 nitrogen and oxygen atoms in total. The van der Waals surface area contributed by atoms with Gasteiger partial charge in [-0.3, -0.25) is 14.9 Å². The Hall–Kier alpha value is -3.59. The van der Waals surface area contributed by atoms with Crippen LogP contribution in [-0.2, 0) is 25.7 Å². The van der Waals surface area contributed by atoms with Crippen LogP contribution in [0.2, 0.25) is 0 Å². The number of nitrogens with zero attached hydrogens (tertiary/aromatic N) is 2. The molecule has 1 atom stereocenters. The normalized spacial score (nSPS) is 21.6. The van der Waals surface area contributed by atoms with Crippen LogP contribution in [0.4, 0.5) is 11.4 Å². The highest BCUT2D eigenvalue weighted by Gasteiger charge is 2.42. The molecule has 0 radical (unpaired) electrons. The monoisotopic (exact) mass is 479 g/mol. The average molecular weight is 480 g/mol. The summed E-state index contributed by atoms with van der Waals surface area (Å²) in [5.41, 5.74) is 1.01. The van der Waals surface area contributed by atoms with Crippen molar-refractivity contribution < 1.29 is 29.0 Å². The summed E-state index contributed by atoms with van der Waals surface area (Å²) in [6.07, 6.45) is 1.26. The lowest BCUT2D eigenvalue weighted by Gasteiger charge is -2.41. The zero-order valence-electron chi connectivity index (χ0n) is 19.4. The van der Waals surface area contributed by atoms with Gasteiger partial charge < -0.3 is 24.4 Å². The molecule has 184 valence electrons. The lowest BCUT2D eigenvalue weighted by atomic mass is 9.91. The third kappa shape index (κ3) is 4.68. The maximum absolute atomic E-state index is 12.7. The van der Waals surface area contributed by atoms with Gasteiger partial charge in [-0.15, -0.1) is 0 Å². The zero-order valence-corrected chi connectivity index (χ0v) is 19.4. The number of hydrogen-bond donors (Lipinski definition) is 2. The molecule has 2 aromatic carbocycles. The van der Waals surface area contributed by atoms with Gasteiger partial charge >= 0.3 is 5.97 Å². The molecular weight excluding hydrogens is 450 g/mol. The second-order valence-corrected chi connectivity index (χ2v) is 9.21. The minimum absolute atomic E-state index is 0.127. The largest absolute Gasteiger partial charge is 0.487 e. The first-order valence-corrected chi connectivity index (χ1v) is 12.0. The van der Waals surface area contributed by atoms with E-state index in [0.717, 1.165) is 16.9 Å². The molecule has 2 amide bonds. The molecule has 2 aromatic rings. The number of aliphatic hydroxyl groups is 1. The minimum atomic E-state index is -1.53. The first-order chi connectivity index (χ1) is 16.9. The number of imide groups is 1. The number of rotatable bonds is 5. The number of ether oxygens (including phenoxy) is 2. The van der Waals surface area contributed by atoms with Crippen LogP contribution >= 0.6 is 0 Å². The zero-order chi connectivity index (χ0) is 24.4. The van der Waals surface area contributed by atoms with Crippen molar-refractivity contribution >= 4 is 29.2 Å². The van der Waals surface area contributed by atoms with Crippen molar-refractivity contribution in [3.05, 3.63) is 54.1 Å². The number of esters is 1. The summed E-state index contributed by atoms with van der Waals surface area (Å²) in [7, 11) is 0. The van der Waals surface area contributed by atoms with Gasteiger partial charge in [0.15, 0.2) is 11.4 Å². The first kappa shape index (κ1) is 23.2. The van der Waals surface area contributed by atoms with Crippen molar-refractivity contribution in [2.75, 3.05) is 36.0 Å². The predicted molar refractivity (Wildman–Crippen MR) is 128 cm³/mol. The maximum atomic E-state index is 12.7. The highest BCUT2D eigenvalue weighted by atomic mass is 16.5. The molecule has 0 saturated carbocycles. The Morgan fingerprint density at radius 1 is 1.06 bits per heavy atom. The fourth-order valence-corrected chi connectivity index (χ4v) is 4.98. The van der Waals surface area contributed by atoms with Crippen molar-refractivity contribution in [2.24, 2.45) is 0 Å². The quantitative estimate of drug-likeness (QED) is 0.494. The Balaban J connectivity index is 1.27. The Morgan fingerprint density at radius 3 is 2.54 bits per heavy atom. The van der Waals surface area contributed by atoms with E-state index in [1.54, 1.807) is 0 Å². The van der Waals surface area contributed by atoms with E-state index in [2.05, 4.69) is 10.2 Å². The second kappa shape index (κ2) is 9.58. The standard InChI is InChI=1S/C26H29N3O6/c30-22-10-9-21(24(31)27-22)29-15-16-34-23-19(7-4-8-20(23)29)28-13-11-26(33,12-14-28)25(32)35-17-18-5-2-1-3-6-18/h1-8,21,33H,9-17H2,(H,27,30,31). The summed E-state index contributed by atoms with van der Waals surface area (Å²) in [6, 6.07) is 14.7. The van der Waals surface area contributed by atoms with E-state index in [1.807, 2.05) is 53.4 Å². The van der Waals surface area contributed by atoms with Crippen molar-refractivity contribution in [2.45, 2.75) is 43.9 Å². The van der Waals surface area contributed by atoms with Gasteiger partial charge in [-0.05, 0) is 24.1 Å². The molecule has 2 fully saturated rings. The lowest BCUT2D eigenvalue weighted by Crippen LogP contribution is -2.54. The minimum Gasteiger partial charge on any atom is -0.487 e. The predicted octanol–water partition coefficient (Wildman–Crippen LogP) is 1.77. The summed E-state index contributed by atoms with van der Waals surface area (Å²) in [5, 5.41) is 13.4. The smallest absolute Gasteiger partial charge is 0.338 e. The van der Waals surface area contributed by atoms with E-state index in [-0.39, 0.29) is 31.3 Å². The van der Waals surface area contributed by atoms with Crippen LogP contribution < -0.4 is 19.9 Å². The Bertz CT molecular complexity index is 1110. The molecule has 5 rings (SSSR count). The van der Waals surface area contributed by atoms with Gasteiger partial charge in [0.25, 0.3) is 0 Å². The molecule has 2 saturated heterocycles. The van der Waals surface area contributed by atoms with Crippen LogP contribution in [0.25, 0.3) is 0 Å². The van der Waals surface area contributed by atoms with E-state index < -0.39 is 17.6 Å². The number of carbonyl (C=O) groups excluding carboxylic acids is 3. The molecule has 2 N–H and O–H groups in total. The number of benzene rings is 2. The molecule has 3 aliphatic rings. The third-order valence-corrected chi connectivity index (χ3v) is 6.97. The van der Waals surface area contributed by atoms with Crippen LogP contribution in [0.15, 0.2) is 48.5 Å².